The third kappa shape index (κ3) is 4.15. The molecular weight excluding hydrogens is 299 g/mol. The third-order valence-corrected chi connectivity index (χ3v) is 2.79. The number of nitrogens with one attached hydrogen (secondary N) is 1. The molecule has 7 heteroatoms. The molecule has 116 valence electrons. The van der Waals surface area contributed by atoms with Crippen LogP contribution in [0.4, 0.5) is 13.2 Å². The van der Waals surface area contributed by atoms with E-state index in [-0.39, 0.29) is 29.2 Å². The number of carbonyl (C=O) groups is 1. The van der Waals surface area contributed by atoms with Gasteiger partial charge < -0.3 is 15.2 Å². The Morgan fingerprint density at radius 1 is 1.09 bits per heavy atom. The lowest BCUT2D eigenvalue weighted by Gasteiger charge is -2.13. The summed E-state index contributed by atoms with van der Waals surface area (Å²) in [6.07, 6.45) is -4.81. The van der Waals surface area contributed by atoms with Crippen LogP contribution in [0.15, 0.2) is 48.5 Å². The van der Waals surface area contributed by atoms with Crippen LogP contribution in [0.1, 0.15) is 15.9 Å². The first-order chi connectivity index (χ1) is 10.4. The summed E-state index contributed by atoms with van der Waals surface area (Å²) in [5.41, 5.74) is 0.209. The van der Waals surface area contributed by atoms with Gasteiger partial charge >= 0.3 is 6.36 Å². The van der Waals surface area contributed by atoms with Crippen molar-refractivity contribution in [2.24, 2.45) is 0 Å². The Kier molecular flexibility index (Phi) is 4.55. The molecule has 22 heavy (non-hydrogen) atoms. The molecule has 2 aromatic rings. The summed E-state index contributed by atoms with van der Waals surface area (Å²) in [6, 6.07) is 11.4. The van der Waals surface area contributed by atoms with Crippen molar-refractivity contribution in [3.05, 3.63) is 59.7 Å². The summed E-state index contributed by atoms with van der Waals surface area (Å²) in [4.78, 5) is 11.9. The molecule has 4 nitrogen and oxygen atoms in total. The van der Waals surface area contributed by atoms with E-state index in [4.69, 9.17) is 0 Å². The fourth-order valence-corrected chi connectivity index (χ4v) is 1.81. The number of carbonyl (C=O) groups excluding carboxylic acids is 1. The van der Waals surface area contributed by atoms with Gasteiger partial charge in [0, 0.05) is 12.1 Å². The van der Waals surface area contributed by atoms with Crippen LogP contribution in [0.3, 0.4) is 0 Å². The first kappa shape index (κ1) is 15.7. The van der Waals surface area contributed by atoms with Crippen LogP contribution in [-0.2, 0) is 6.54 Å². The van der Waals surface area contributed by atoms with Crippen molar-refractivity contribution >= 4 is 5.91 Å². The molecule has 0 radical (unpaired) electrons. The fraction of sp³-hybridized carbons (Fsp3) is 0.133. The number of para-hydroxylation sites is 2. The van der Waals surface area contributed by atoms with Crippen LogP contribution in [0.2, 0.25) is 0 Å². The Morgan fingerprint density at radius 2 is 1.73 bits per heavy atom. The van der Waals surface area contributed by atoms with Gasteiger partial charge in [-0.1, -0.05) is 30.3 Å². The SMILES string of the molecule is O=C(NCc1ccccc1OC(F)(F)F)c1ccccc1O. The summed E-state index contributed by atoms with van der Waals surface area (Å²) < 4.78 is 40.8. The van der Waals surface area contributed by atoms with Gasteiger partial charge in [0.25, 0.3) is 5.91 Å². The van der Waals surface area contributed by atoms with E-state index < -0.39 is 12.3 Å². The zero-order valence-corrected chi connectivity index (χ0v) is 11.2. The Bertz CT molecular complexity index is 671. The molecule has 0 aromatic heterocycles. The highest BCUT2D eigenvalue weighted by Gasteiger charge is 2.32. The van der Waals surface area contributed by atoms with Gasteiger partial charge in [-0.3, -0.25) is 4.79 Å². The van der Waals surface area contributed by atoms with Gasteiger partial charge in [-0.05, 0) is 18.2 Å². The van der Waals surface area contributed by atoms with Crippen LogP contribution < -0.4 is 10.1 Å². The van der Waals surface area contributed by atoms with Gasteiger partial charge in [0.2, 0.25) is 0 Å². The highest BCUT2D eigenvalue weighted by Crippen LogP contribution is 2.26. The minimum atomic E-state index is -4.81. The number of ether oxygens (including phenoxy) is 1. The van der Waals surface area contributed by atoms with E-state index in [1.165, 1.54) is 30.3 Å². The Hall–Kier alpha value is -2.70. The topological polar surface area (TPSA) is 58.6 Å². The molecule has 2 rings (SSSR count). The molecule has 0 aliphatic carbocycles. The Morgan fingerprint density at radius 3 is 2.41 bits per heavy atom. The van der Waals surface area contributed by atoms with E-state index in [0.717, 1.165) is 6.07 Å². The number of hydrogen-bond acceptors (Lipinski definition) is 3. The average molecular weight is 311 g/mol. The van der Waals surface area contributed by atoms with Crippen LogP contribution in [0.5, 0.6) is 11.5 Å². The van der Waals surface area contributed by atoms with Crippen LogP contribution in [-0.4, -0.2) is 17.4 Å². The Labute approximate surface area is 124 Å². The molecule has 2 aromatic carbocycles. The number of halogens is 3. The smallest absolute Gasteiger partial charge is 0.507 e. The number of alkyl halides is 3. The first-order valence-electron chi connectivity index (χ1n) is 6.26. The van der Waals surface area contributed by atoms with Gasteiger partial charge in [-0.15, -0.1) is 13.2 Å². The summed E-state index contributed by atoms with van der Waals surface area (Å²) in [5.74, 6) is -1.19. The van der Waals surface area contributed by atoms with Gasteiger partial charge in [0.1, 0.15) is 11.5 Å². The highest BCUT2D eigenvalue weighted by molar-refractivity contribution is 5.96. The lowest BCUT2D eigenvalue weighted by Crippen LogP contribution is -2.24. The van der Waals surface area contributed by atoms with E-state index in [0.29, 0.717) is 0 Å². The van der Waals surface area contributed by atoms with E-state index in [1.807, 2.05) is 0 Å². The number of aromatic hydroxyl groups is 1. The van der Waals surface area contributed by atoms with Crippen molar-refractivity contribution in [2.45, 2.75) is 12.9 Å². The Balaban J connectivity index is 2.09. The van der Waals surface area contributed by atoms with Crippen molar-refractivity contribution in [1.82, 2.24) is 5.32 Å². The van der Waals surface area contributed by atoms with Crippen molar-refractivity contribution in [1.29, 1.82) is 0 Å². The molecule has 0 saturated carbocycles. The predicted molar refractivity (Wildman–Crippen MR) is 72.4 cm³/mol. The minimum Gasteiger partial charge on any atom is -0.507 e. The van der Waals surface area contributed by atoms with Crippen LogP contribution in [0.25, 0.3) is 0 Å². The largest absolute Gasteiger partial charge is 0.573 e. The minimum absolute atomic E-state index is 0.0386. The lowest BCUT2D eigenvalue weighted by atomic mass is 10.1. The van der Waals surface area contributed by atoms with E-state index in [1.54, 1.807) is 12.1 Å². The summed E-state index contributed by atoms with van der Waals surface area (Å²) in [5, 5.41) is 12.0. The molecule has 0 heterocycles. The number of hydrogen-bond donors (Lipinski definition) is 2. The second-order valence-electron chi connectivity index (χ2n) is 4.36. The fourth-order valence-electron chi connectivity index (χ4n) is 1.81. The van der Waals surface area contributed by atoms with Crippen molar-refractivity contribution < 1.29 is 27.8 Å². The second-order valence-corrected chi connectivity index (χ2v) is 4.36. The summed E-state index contributed by atoms with van der Waals surface area (Å²) in [6.45, 7) is -0.167. The number of rotatable bonds is 4. The zero-order chi connectivity index (χ0) is 16.2. The lowest BCUT2D eigenvalue weighted by molar-refractivity contribution is -0.274. The van der Waals surface area contributed by atoms with E-state index >= 15 is 0 Å². The van der Waals surface area contributed by atoms with Gasteiger partial charge in [-0.25, -0.2) is 0 Å². The van der Waals surface area contributed by atoms with Gasteiger partial charge in [-0.2, -0.15) is 0 Å². The van der Waals surface area contributed by atoms with Gasteiger partial charge in [0.05, 0.1) is 5.56 Å². The predicted octanol–water partition coefficient (Wildman–Crippen LogP) is 3.22. The monoisotopic (exact) mass is 311 g/mol. The maximum absolute atomic E-state index is 12.3. The summed E-state index contributed by atoms with van der Waals surface area (Å²) in [7, 11) is 0. The number of phenolic OH excluding ortho intramolecular Hbond substituents is 1. The second kappa shape index (κ2) is 6.38. The van der Waals surface area contributed by atoms with E-state index in [2.05, 4.69) is 10.1 Å². The number of amides is 1. The van der Waals surface area contributed by atoms with Gasteiger partial charge in [0.15, 0.2) is 0 Å². The number of phenols is 1. The molecule has 0 aliphatic heterocycles. The van der Waals surface area contributed by atoms with Crippen LogP contribution >= 0.6 is 0 Å². The molecule has 0 atom stereocenters. The molecule has 0 unspecified atom stereocenters. The van der Waals surface area contributed by atoms with Crippen molar-refractivity contribution in [2.75, 3.05) is 0 Å². The average Bonchev–Trinajstić information content (AvgIpc) is 2.45. The maximum atomic E-state index is 12.3. The summed E-state index contributed by atoms with van der Waals surface area (Å²) >= 11 is 0. The third-order valence-electron chi connectivity index (χ3n) is 2.79. The maximum Gasteiger partial charge on any atom is 0.573 e. The first-order valence-corrected chi connectivity index (χ1v) is 6.26. The molecule has 0 fully saturated rings. The quantitative estimate of drug-likeness (QED) is 0.911. The molecular formula is C15H12F3NO3. The molecule has 0 spiro atoms. The normalized spacial score (nSPS) is 11.0. The van der Waals surface area contributed by atoms with Crippen molar-refractivity contribution in [3.63, 3.8) is 0 Å². The molecule has 2 N–H and O–H groups in total. The molecule has 0 aliphatic rings. The molecule has 1 amide bonds. The van der Waals surface area contributed by atoms with E-state index in [9.17, 15) is 23.1 Å². The molecule has 0 saturated heterocycles. The zero-order valence-electron chi connectivity index (χ0n) is 11.2. The molecule has 0 bridgehead atoms. The number of benzene rings is 2. The highest BCUT2D eigenvalue weighted by atomic mass is 19.4. The van der Waals surface area contributed by atoms with Crippen molar-refractivity contribution in [3.8, 4) is 11.5 Å². The van der Waals surface area contributed by atoms with Crippen LogP contribution in [0, 0.1) is 0 Å². The standard InChI is InChI=1S/C15H12F3NO3/c16-15(17,18)22-13-8-4-1-5-10(13)9-19-14(21)11-6-2-3-7-12(11)20/h1-8,20H,9H2,(H,19,21).